The van der Waals surface area contributed by atoms with Gasteiger partial charge >= 0.3 is 0 Å². The van der Waals surface area contributed by atoms with E-state index in [0.717, 1.165) is 36.4 Å². The normalized spacial score (nSPS) is 19.3. The largest absolute Gasteiger partial charge is 0.352 e. The number of hydrogen-bond acceptors (Lipinski definition) is 4. The lowest BCUT2D eigenvalue weighted by Gasteiger charge is -2.34. The molecular formula is C16H23N3O2S. The van der Waals surface area contributed by atoms with E-state index in [4.69, 9.17) is 0 Å². The van der Waals surface area contributed by atoms with Gasteiger partial charge in [0.15, 0.2) is 0 Å². The minimum absolute atomic E-state index is 0.117. The summed E-state index contributed by atoms with van der Waals surface area (Å²) < 4.78 is 0. The highest BCUT2D eigenvalue weighted by Gasteiger charge is 2.27. The van der Waals surface area contributed by atoms with Gasteiger partial charge in [-0.2, -0.15) is 0 Å². The Balaban J connectivity index is 1.49. The summed E-state index contributed by atoms with van der Waals surface area (Å²) in [6.07, 6.45) is 2.24. The SMILES string of the molecule is Cc1cc(C(=O)N2CCN(CC(=O)NC3CC3)CC2)c(C)s1. The van der Waals surface area contributed by atoms with Crippen molar-refractivity contribution in [2.75, 3.05) is 32.7 Å². The van der Waals surface area contributed by atoms with E-state index in [1.165, 1.54) is 4.88 Å². The Kier molecular flexibility index (Phi) is 4.49. The molecule has 5 nitrogen and oxygen atoms in total. The van der Waals surface area contributed by atoms with Crippen LogP contribution >= 0.6 is 11.3 Å². The molecule has 0 unspecified atom stereocenters. The molecule has 1 aliphatic heterocycles. The third kappa shape index (κ3) is 3.67. The second-order valence-electron chi connectivity index (χ2n) is 6.24. The number of hydrogen-bond donors (Lipinski definition) is 1. The molecule has 22 heavy (non-hydrogen) atoms. The number of carbonyl (C=O) groups is 2. The summed E-state index contributed by atoms with van der Waals surface area (Å²) in [6, 6.07) is 2.40. The number of amides is 2. The molecular weight excluding hydrogens is 298 g/mol. The number of piperazine rings is 1. The second-order valence-corrected chi connectivity index (χ2v) is 7.70. The van der Waals surface area contributed by atoms with Crippen molar-refractivity contribution in [1.29, 1.82) is 0 Å². The van der Waals surface area contributed by atoms with Crippen LogP contribution in [0.5, 0.6) is 0 Å². The van der Waals surface area contributed by atoms with Crippen molar-refractivity contribution in [2.45, 2.75) is 32.7 Å². The van der Waals surface area contributed by atoms with Gasteiger partial charge in [-0.3, -0.25) is 14.5 Å². The average Bonchev–Trinajstić information content (AvgIpc) is 3.22. The minimum atomic E-state index is 0.117. The summed E-state index contributed by atoms with van der Waals surface area (Å²) in [5.41, 5.74) is 0.836. The predicted octanol–water partition coefficient (Wildman–Crippen LogP) is 1.40. The van der Waals surface area contributed by atoms with Crippen LogP contribution in [0.15, 0.2) is 6.07 Å². The molecule has 6 heteroatoms. The van der Waals surface area contributed by atoms with E-state index in [2.05, 4.69) is 10.2 Å². The van der Waals surface area contributed by atoms with Crippen LogP contribution in [0.2, 0.25) is 0 Å². The highest BCUT2D eigenvalue weighted by molar-refractivity contribution is 7.12. The lowest BCUT2D eigenvalue weighted by Crippen LogP contribution is -2.51. The summed E-state index contributed by atoms with van der Waals surface area (Å²) in [4.78, 5) is 30.7. The van der Waals surface area contributed by atoms with Crippen LogP contribution in [0.1, 0.15) is 33.0 Å². The molecule has 2 aliphatic rings. The van der Waals surface area contributed by atoms with Gasteiger partial charge in [-0.1, -0.05) is 0 Å². The quantitative estimate of drug-likeness (QED) is 0.912. The summed E-state index contributed by atoms with van der Waals surface area (Å²) in [5, 5.41) is 3.01. The number of aryl methyl sites for hydroxylation is 2. The Bertz CT molecular complexity index is 572. The number of rotatable bonds is 4. The van der Waals surface area contributed by atoms with Crippen LogP contribution in [-0.2, 0) is 4.79 Å². The van der Waals surface area contributed by atoms with Crippen LogP contribution < -0.4 is 5.32 Å². The van der Waals surface area contributed by atoms with Gasteiger partial charge in [0, 0.05) is 42.0 Å². The van der Waals surface area contributed by atoms with Crippen molar-refractivity contribution in [3.05, 3.63) is 21.4 Å². The van der Waals surface area contributed by atoms with Gasteiger partial charge in [0.2, 0.25) is 5.91 Å². The molecule has 2 heterocycles. The van der Waals surface area contributed by atoms with Gasteiger partial charge in [0.05, 0.1) is 12.1 Å². The van der Waals surface area contributed by atoms with Gasteiger partial charge in [-0.05, 0) is 32.8 Å². The van der Waals surface area contributed by atoms with Gasteiger partial charge in [0.25, 0.3) is 5.91 Å². The molecule has 120 valence electrons. The van der Waals surface area contributed by atoms with Crippen molar-refractivity contribution in [3.8, 4) is 0 Å². The highest BCUT2D eigenvalue weighted by atomic mass is 32.1. The van der Waals surface area contributed by atoms with Crippen LogP contribution in [0.3, 0.4) is 0 Å². The molecule has 1 N–H and O–H groups in total. The molecule has 2 fully saturated rings. The molecule has 0 atom stereocenters. The van der Waals surface area contributed by atoms with E-state index in [9.17, 15) is 9.59 Å². The average molecular weight is 321 g/mol. The zero-order valence-electron chi connectivity index (χ0n) is 13.2. The Morgan fingerprint density at radius 2 is 1.91 bits per heavy atom. The maximum atomic E-state index is 12.6. The van der Waals surface area contributed by atoms with Crippen LogP contribution in [0, 0.1) is 13.8 Å². The van der Waals surface area contributed by atoms with E-state index >= 15 is 0 Å². The molecule has 0 spiro atoms. The first-order chi connectivity index (χ1) is 10.5. The minimum Gasteiger partial charge on any atom is -0.352 e. The zero-order valence-corrected chi connectivity index (χ0v) is 14.0. The molecule has 1 aromatic rings. The molecule has 0 aromatic carbocycles. The summed E-state index contributed by atoms with van der Waals surface area (Å²) in [6.45, 7) is 7.43. The topological polar surface area (TPSA) is 52.7 Å². The predicted molar refractivity (Wildman–Crippen MR) is 87.3 cm³/mol. The first-order valence-corrected chi connectivity index (χ1v) is 8.72. The zero-order chi connectivity index (χ0) is 15.7. The molecule has 1 saturated heterocycles. The Labute approximate surface area is 135 Å². The van der Waals surface area contributed by atoms with Crippen LogP contribution in [0.25, 0.3) is 0 Å². The Morgan fingerprint density at radius 3 is 2.45 bits per heavy atom. The first-order valence-electron chi connectivity index (χ1n) is 7.91. The molecule has 1 aromatic heterocycles. The standard InChI is InChI=1S/C16H23N3O2S/c1-11-9-14(12(2)22-11)16(21)19-7-5-18(6-8-19)10-15(20)17-13-3-4-13/h9,13H,3-8,10H2,1-2H3,(H,17,20). The van der Waals surface area contributed by atoms with Crippen molar-refractivity contribution in [2.24, 2.45) is 0 Å². The molecule has 0 radical (unpaired) electrons. The van der Waals surface area contributed by atoms with Gasteiger partial charge in [0.1, 0.15) is 0 Å². The molecule has 1 saturated carbocycles. The van der Waals surface area contributed by atoms with Crippen molar-refractivity contribution < 1.29 is 9.59 Å². The van der Waals surface area contributed by atoms with Gasteiger partial charge in [-0.15, -0.1) is 11.3 Å². The highest BCUT2D eigenvalue weighted by Crippen LogP contribution is 2.22. The summed E-state index contributed by atoms with van der Waals surface area (Å²) in [5.74, 6) is 0.246. The fourth-order valence-electron chi connectivity index (χ4n) is 2.83. The smallest absolute Gasteiger partial charge is 0.255 e. The third-order valence-electron chi connectivity index (χ3n) is 4.24. The van der Waals surface area contributed by atoms with Gasteiger partial charge in [-0.25, -0.2) is 0 Å². The number of nitrogens with zero attached hydrogens (tertiary/aromatic N) is 2. The number of carbonyl (C=O) groups excluding carboxylic acids is 2. The van der Waals surface area contributed by atoms with Crippen LogP contribution in [-0.4, -0.2) is 60.4 Å². The van der Waals surface area contributed by atoms with Crippen molar-refractivity contribution in [3.63, 3.8) is 0 Å². The Morgan fingerprint density at radius 1 is 1.23 bits per heavy atom. The monoisotopic (exact) mass is 321 g/mol. The maximum Gasteiger partial charge on any atom is 0.255 e. The van der Waals surface area contributed by atoms with Crippen LogP contribution in [0.4, 0.5) is 0 Å². The molecule has 2 amide bonds. The number of nitrogens with one attached hydrogen (secondary N) is 1. The van der Waals surface area contributed by atoms with Crippen molar-refractivity contribution >= 4 is 23.2 Å². The Hall–Kier alpha value is -1.40. The van der Waals surface area contributed by atoms with E-state index in [1.807, 2.05) is 24.8 Å². The fourth-order valence-corrected chi connectivity index (χ4v) is 3.74. The van der Waals surface area contributed by atoms with Crippen molar-refractivity contribution in [1.82, 2.24) is 15.1 Å². The first kappa shape index (κ1) is 15.5. The maximum absolute atomic E-state index is 12.6. The second kappa shape index (κ2) is 6.38. The lowest BCUT2D eigenvalue weighted by molar-refractivity contribution is -0.122. The molecule has 3 rings (SSSR count). The van der Waals surface area contributed by atoms with Gasteiger partial charge < -0.3 is 10.2 Å². The molecule has 0 bridgehead atoms. The lowest BCUT2D eigenvalue weighted by atomic mass is 10.2. The van der Waals surface area contributed by atoms with E-state index in [1.54, 1.807) is 11.3 Å². The van der Waals surface area contributed by atoms with E-state index < -0.39 is 0 Å². The fraction of sp³-hybridized carbons (Fsp3) is 0.625. The number of thiophene rings is 1. The summed E-state index contributed by atoms with van der Waals surface area (Å²) in [7, 11) is 0. The van der Waals surface area contributed by atoms with E-state index in [-0.39, 0.29) is 11.8 Å². The third-order valence-corrected chi connectivity index (χ3v) is 5.21. The van der Waals surface area contributed by atoms with E-state index in [0.29, 0.717) is 25.7 Å². The summed E-state index contributed by atoms with van der Waals surface area (Å²) >= 11 is 1.67. The molecule has 1 aliphatic carbocycles.